The Kier molecular flexibility index (Phi) is 1.65. The zero-order chi connectivity index (χ0) is 9.47. The Balaban J connectivity index is 2.55. The summed E-state index contributed by atoms with van der Waals surface area (Å²) in [4.78, 5) is 19.9. The van der Waals surface area contributed by atoms with E-state index in [1.165, 1.54) is 12.1 Å². The van der Waals surface area contributed by atoms with Gasteiger partial charge >= 0.3 is 13.8 Å². The molecule has 1 atom stereocenters. The van der Waals surface area contributed by atoms with E-state index in [0.29, 0.717) is 0 Å². The number of hydrogen-bond donors (Lipinski definition) is 1. The predicted octanol–water partition coefficient (Wildman–Crippen LogP) is 1.34. The summed E-state index contributed by atoms with van der Waals surface area (Å²) < 4.78 is 19.6. The lowest BCUT2D eigenvalue weighted by atomic mass is 10.2. The van der Waals surface area contributed by atoms with Gasteiger partial charge in [0.2, 0.25) is 0 Å². The fraction of sp³-hybridized carbons (Fsp3) is 0. The molecule has 6 heteroatoms. The van der Waals surface area contributed by atoms with Gasteiger partial charge in [-0.3, -0.25) is 4.89 Å². The Labute approximate surface area is 73.5 Å². The van der Waals surface area contributed by atoms with Crippen molar-refractivity contribution in [3.05, 3.63) is 29.8 Å². The molecule has 1 aliphatic rings. The summed E-state index contributed by atoms with van der Waals surface area (Å²) in [6.07, 6.45) is 0. The summed E-state index contributed by atoms with van der Waals surface area (Å²) >= 11 is 0. The molecular formula is C7H5O5P. The van der Waals surface area contributed by atoms with Gasteiger partial charge in [-0.15, -0.1) is 0 Å². The third-order valence-electron chi connectivity index (χ3n) is 1.52. The first kappa shape index (κ1) is 8.29. The summed E-state index contributed by atoms with van der Waals surface area (Å²) in [5.74, 6) is -0.766. The molecule has 0 aromatic heterocycles. The van der Waals surface area contributed by atoms with Crippen LogP contribution in [0.1, 0.15) is 10.4 Å². The monoisotopic (exact) mass is 200 g/mol. The van der Waals surface area contributed by atoms with Gasteiger partial charge in [0.15, 0.2) is 0 Å². The number of carbonyl (C=O) groups excluding carboxylic acids is 1. The molecule has 0 fully saturated rings. The van der Waals surface area contributed by atoms with Crippen LogP contribution in [0.25, 0.3) is 0 Å². The van der Waals surface area contributed by atoms with Gasteiger partial charge in [-0.05, 0) is 12.1 Å². The minimum atomic E-state index is -4.22. The molecule has 0 saturated heterocycles. The largest absolute Gasteiger partial charge is 0.587 e. The van der Waals surface area contributed by atoms with E-state index in [-0.39, 0.29) is 11.3 Å². The van der Waals surface area contributed by atoms with Crippen molar-refractivity contribution >= 4 is 13.8 Å². The molecule has 1 aliphatic heterocycles. The Morgan fingerprint density at radius 1 is 1.23 bits per heavy atom. The smallest absolute Gasteiger partial charge is 0.394 e. The van der Waals surface area contributed by atoms with Crippen LogP contribution in [0, 0.1) is 0 Å². The second-order valence-corrected chi connectivity index (χ2v) is 3.74. The summed E-state index contributed by atoms with van der Waals surface area (Å²) in [5.41, 5.74) is 0.156. The van der Waals surface area contributed by atoms with E-state index in [0.717, 1.165) is 0 Å². The van der Waals surface area contributed by atoms with Crippen LogP contribution in [0.15, 0.2) is 24.3 Å². The summed E-state index contributed by atoms with van der Waals surface area (Å²) in [7, 11) is -4.22. The molecule has 1 heterocycles. The van der Waals surface area contributed by atoms with Crippen LogP contribution in [-0.4, -0.2) is 10.9 Å². The van der Waals surface area contributed by atoms with E-state index >= 15 is 0 Å². The first-order valence-electron chi connectivity index (χ1n) is 3.44. The average molecular weight is 200 g/mol. The van der Waals surface area contributed by atoms with Gasteiger partial charge in [0.05, 0.1) is 0 Å². The minimum absolute atomic E-state index is 0.0737. The number of carbonyl (C=O) groups is 1. The first-order chi connectivity index (χ1) is 6.08. The summed E-state index contributed by atoms with van der Waals surface area (Å²) in [6.45, 7) is 0. The minimum Gasteiger partial charge on any atom is -0.394 e. The Hall–Kier alpha value is -1.32. The molecule has 1 unspecified atom stereocenters. The lowest BCUT2D eigenvalue weighted by Gasteiger charge is -2.19. The van der Waals surface area contributed by atoms with Gasteiger partial charge in [-0.25, -0.2) is 9.36 Å². The molecule has 0 aliphatic carbocycles. The molecule has 1 aromatic rings. The van der Waals surface area contributed by atoms with E-state index in [1.54, 1.807) is 12.1 Å². The van der Waals surface area contributed by atoms with E-state index in [1.807, 2.05) is 0 Å². The van der Waals surface area contributed by atoms with Crippen LogP contribution in [0.3, 0.4) is 0 Å². The molecule has 2 rings (SSSR count). The van der Waals surface area contributed by atoms with Crippen LogP contribution < -0.4 is 4.52 Å². The zero-order valence-corrected chi connectivity index (χ0v) is 7.23. The lowest BCUT2D eigenvalue weighted by molar-refractivity contribution is 0.0652. The number of para-hydroxylation sites is 1. The fourth-order valence-electron chi connectivity index (χ4n) is 1.01. The zero-order valence-electron chi connectivity index (χ0n) is 6.34. The highest BCUT2D eigenvalue weighted by Gasteiger charge is 2.36. The van der Waals surface area contributed by atoms with E-state index in [9.17, 15) is 9.36 Å². The van der Waals surface area contributed by atoms with Crippen molar-refractivity contribution < 1.29 is 23.3 Å². The summed E-state index contributed by atoms with van der Waals surface area (Å²) in [6, 6.07) is 6.09. The molecule has 68 valence electrons. The maximum absolute atomic E-state index is 11.1. The second-order valence-electron chi connectivity index (χ2n) is 2.43. The van der Waals surface area contributed by atoms with Gasteiger partial charge in [0.1, 0.15) is 11.3 Å². The van der Waals surface area contributed by atoms with E-state index in [4.69, 9.17) is 4.89 Å². The van der Waals surface area contributed by atoms with Crippen molar-refractivity contribution in [1.29, 1.82) is 0 Å². The Bertz CT molecular complexity index is 413. The molecule has 13 heavy (non-hydrogen) atoms. The Morgan fingerprint density at radius 3 is 2.69 bits per heavy atom. The maximum atomic E-state index is 11.1. The average Bonchev–Trinajstić information content (AvgIpc) is 2.02. The highest BCUT2D eigenvalue weighted by Crippen LogP contribution is 2.49. The third-order valence-corrected chi connectivity index (χ3v) is 2.34. The molecule has 1 aromatic carbocycles. The SMILES string of the molecule is O=C1OP(=O)(O)Oc2ccccc21. The molecule has 0 amide bonds. The molecule has 0 bridgehead atoms. The van der Waals surface area contributed by atoms with E-state index < -0.39 is 13.8 Å². The Morgan fingerprint density at radius 2 is 1.92 bits per heavy atom. The van der Waals surface area contributed by atoms with Crippen LogP contribution >= 0.6 is 7.82 Å². The van der Waals surface area contributed by atoms with Crippen molar-refractivity contribution in [2.45, 2.75) is 0 Å². The maximum Gasteiger partial charge on any atom is 0.587 e. The number of hydrogen-bond acceptors (Lipinski definition) is 4. The van der Waals surface area contributed by atoms with Crippen LogP contribution in [0.5, 0.6) is 5.75 Å². The van der Waals surface area contributed by atoms with Gasteiger partial charge in [0.25, 0.3) is 0 Å². The number of phosphoric acid groups is 1. The second kappa shape index (κ2) is 2.58. The highest BCUT2D eigenvalue weighted by molar-refractivity contribution is 7.48. The number of rotatable bonds is 0. The van der Waals surface area contributed by atoms with Crippen LogP contribution in [0.4, 0.5) is 0 Å². The predicted molar refractivity (Wildman–Crippen MR) is 42.3 cm³/mol. The number of benzene rings is 1. The van der Waals surface area contributed by atoms with Crippen LogP contribution in [-0.2, 0) is 9.09 Å². The van der Waals surface area contributed by atoms with Crippen molar-refractivity contribution in [3.63, 3.8) is 0 Å². The third kappa shape index (κ3) is 1.43. The molecule has 0 spiro atoms. The van der Waals surface area contributed by atoms with Gasteiger partial charge in [-0.2, -0.15) is 0 Å². The number of phosphoric ester groups is 1. The van der Waals surface area contributed by atoms with Gasteiger partial charge in [-0.1, -0.05) is 12.1 Å². The van der Waals surface area contributed by atoms with Crippen molar-refractivity contribution in [2.75, 3.05) is 0 Å². The van der Waals surface area contributed by atoms with Crippen LogP contribution in [0.2, 0.25) is 0 Å². The molecular weight excluding hydrogens is 195 g/mol. The number of fused-ring (bicyclic) bond motifs is 1. The van der Waals surface area contributed by atoms with E-state index in [2.05, 4.69) is 9.05 Å². The lowest BCUT2D eigenvalue weighted by Crippen LogP contribution is -2.13. The normalized spacial score (nSPS) is 25.8. The van der Waals surface area contributed by atoms with Gasteiger partial charge in [0, 0.05) is 0 Å². The molecule has 1 N–H and O–H groups in total. The highest BCUT2D eigenvalue weighted by atomic mass is 31.2. The molecule has 0 saturated carbocycles. The fourth-order valence-corrected chi connectivity index (χ4v) is 1.76. The first-order valence-corrected chi connectivity index (χ1v) is 4.93. The van der Waals surface area contributed by atoms with Crippen molar-refractivity contribution in [1.82, 2.24) is 0 Å². The van der Waals surface area contributed by atoms with Crippen molar-refractivity contribution in [2.24, 2.45) is 0 Å². The topological polar surface area (TPSA) is 72.8 Å². The van der Waals surface area contributed by atoms with Crippen molar-refractivity contribution in [3.8, 4) is 5.75 Å². The summed E-state index contributed by atoms with van der Waals surface area (Å²) in [5, 5.41) is 0. The van der Waals surface area contributed by atoms with Gasteiger partial charge < -0.3 is 9.05 Å². The quantitative estimate of drug-likeness (QED) is 0.639. The standard InChI is InChI=1S/C7H5O5P/c8-7-5-3-1-2-4-6(5)11-13(9,10)12-7/h1-4H,(H,9,10). The molecule has 0 radical (unpaired) electrons. The molecule has 5 nitrogen and oxygen atoms in total.